The summed E-state index contributed by atoms with van der Waals surface area (Å²) >= 11 is 0. The summed E-state index contributed by atoms with van der Waals surface area (Å²) < 4.78 is 9.03. The van der Waals surface area contributed by atoms with Crippen LogP contribution in [0.2, 0.25) is 0 Å². The molecule has 0 aliphatic rings. The molecule has 7 heteroatoms. The number of carboxylic acid groups (broad SMARTS) is 1. The lowest BCUT2D eigenvalue weighted by molar-refractivity contribution is -0.147. The topological polar surface area (TPSA) is 102 Å². The first-order valence-corrected chi connectivity index (χ1v) is 5.24. The van der Waals surface area contributed by atoms with Crippen LogP contribution < -0.4 is 5.32 Å². The van der Waals surface area contributed by atoms with E-state index in [1.807, 2.05) is 6.92 Å². The van der Waals surface area contributed by atoms with Crippen molar-refractivity contribution >= 4 is 18.0 Å². The first-order chi connectivity index (χ1) is 8.01. The first kappa shape index (κ1) is 15.2. The fourth-order valence-electron chi connectivity index (χ4n) is 0.943. The monoisotopic (exact) mass is 247 g/mol. The smallest absolute Gasteiger partial charge is 0.407 e. The van der Waals surface area contributed by atoms with Crippen LogP contribution in [0.3, 0.4) is 0 Å². The van der Waals surface area contributed by atoms with E-state index in [0.29, 0.717) is 6.42 Å². The second-order valence-electron chi connectivity index (χ2n) is 3.30. The molecule has 0 radical (unpaired) electrons. The maximum Gasteiger partial charge on any atom is 0.407 e. The van der Waals surface area contributed by atoms with E-state index >= 15 is 0 Å². The Morgan fingerprint density at radius 3 is 2.47 bits per heavy atom. The van der Waals surface area contributed by atoms with Crippen LogP contribution in [0.1, 0.15) is 26.2 Å². The van der Waals surface area contributed by atoms with Gasteiger partial charge in [0.25, 0.3) is 0 Å². The number of nitrogens with one attached hydrogen (secondary N) is 1. The molecule has 1 amide bonds. The van der Waals surface area contributed by atoms with E-state index in [9.17, 15) is 14.4 Å². The summed E-state index contributed by atoms with van der Waals surface area (Å²) in [6, 6.07) is -1.34. The fourth-order valence-corrected chi connectivity index (χ4v) is 0.943. The molecule has 98 valence electrons. The lowest BCUT2D eigenvalue weighted by Gasteiger charge is -2.13. The summed E-state index contributed by atoms with van der Waals surface area (Å²) in [5, 5.41) is 10.8. The highest BCUT2D eigenvalue weighted by Crippen LogP contribution is 1.97. The van der Waals surface area contributed by atoms with Crippen LogP contribution in [-0.4, -0.2) is 42.9 Å². The van der Waals surface area contributed by atoms with Crippen molar-refractivity contribution in [3.63, 3.8) is 0 Å². The minimum Gasteiger partial charge on any atom is -0.480 e. The Balaban J connectivity index is 4.11. The van der Waals surface area contributed by atoms with Gasteiger partial charge in [0.2, 0.25) is 0 Å². The molecule has 0 aliphatic carbocycles. The molecule has 0 aliphatic heterocycles. The number of hydrogen-bond donors (Lipinski definition) is 2. The largest absolute Gasteiger partial charge is 0.480 e. The van der Waals surface area contributed by atoms with Crippen molar-refractivity contribution in [2.45, 2.75) is 32.2 Å². The van der Waals surface area contributed by atoms with E-state index in [-0.39, 0.29) is 6.61 Å². The summed E-state index contributed by atoms with van der Waals surface area (Å²) in [7, 11) is 1.14. The molecule has 17 heavy (non-hydrogen) atoms. The molecule has 0 rings (SSSR count). The lowest BCUT2D eigenvalue weighted by atomic mass is 10.2. The zero-order valence-electron chi connectivity index (χ0n) is 9.89. The molecule has 0 aromatic heterocycles. The van der Waals surface area contributed by atoms with Crippen LogP contribution in [0.15, 0.2) is 0 Å². The summed E-state index contributed by atoms with van der Waals surface area (Å²) in [5.41, 5.74) is 0. The third-order valence-corrected chi connectivity index (χ3v) is 1.92. The lowest BCUT2D eigenvalue weighted by Crippen LogP contribution is -2.42. The minimum absolute atomic E-state index is 0.215. The molecular weight excluding hydrogens is 230 g/mol. The van der Waals surface area contributed by atoms with Gasteiger partial charge in [0.05, 0.1) is 20.1 Å². The standard InChI is InChI=1S/C10H17NO6/c1-3-4-5-17-10(15)11-7(9(13)14)6-8(12)16-2/h7H,3-6H2,1-2H3,(H,11,15)(H,13,14)/t7-/m0/s1. The van der Waals surface area contributed by atoms with Gasteiger partial charge in [0, 0.05) is 0 Å². The van der Waals surface area contributed by atoms with Gasteiger partial charge in [-0.1, -0.05) is 13.3 Å². The Labute approximate surface area is 99.1 Å². The highest BCUT2D eigenvalue weighted by molar-refractivity contribution is 5.85. The van der Waals surface area contributed by atoms with Gasteiger partial charge in [-0.2, -0.15) is 0 Å². The molecule has 1 atom stereocenters. The normalized spacial score (nSPS) is 11.4. The number of ether oxygens (including phenoxy) is 2. The summed E-state index contributed by atoms with van der Waals surface area (Å²) in [6.07, 6.45) is 0.268. The predicted octanol–water partition coefficient (Wildman–Crippen LogP) is 0.529. The van der Waals surface area contributed by atoms with Gasteiger partial charge in [-0.05, 0) is 6.42 Å². The Bertz CT molecular complexity index is 278. The van der Waals surface area contributed by atoms with Crippen molar-refractivity contribution in [1.82, 2.24) is 5.32 Å². The number of carbonyl (C=O) groups excluding carboxylic acids is 2. The van der Waals surface area contributed by atoms with Crippen LogP contribution in [0.5, 0.6) is 0 Å². The molecule has 7 nitrogen and oxygen atoms in total. The molecule has 2 N–H and O–H groups in total. The van der Waals surface area contributed by atoms with Gasteiger partial charge in [-0.3, -0.25) is 4.79 Å². The number of carboxylic acids is 1. The van der Waals surface area contributed by atoms with E-state index in [1.54, 1.807) is 0 Å². The van der Waals surface area contributed by atoms with E-state index < -0.39 is 30.5 Å². The summed E-state index contributed by atoms with van der Waals surface area (Å²) in [6.45, 7) is 2.14. The van der Waals surface area contributed by atoms with Crippen molar-refractivity contribution in [2.24, 2.45) is 0 Å². The molecule has 0 aromatic carbocycles. The quantitative estimate of drug-likeness (QED) is 0.502. The van der Waals surface area contributed by atoms with Crippen molar-refractivity contribution in [1.29, 1.82) is 0 Å². The predicted molar refractivity (Wildman–Crippen MR) is 57.4 cm³/mol. The number of esters is 1. The first-order valence-electron chi connectivity index (χ1n) is 5.24. The summed E-state index contributed by atoms with van der Waals surface area (Å²) in [5.74, 6) is -2.03. The Morgan fingerprint density at radius 2 is 2.00 bits per heavy atom. The van der Waals surface area contributed by atoms with Crippen LogP contribution in [-0.2, 0) is 19.1 Å². The van der Waals surface area contributed by atoms with Gasteiger partial charge in [-0.25, -0.2) is 9.59 Å². The van der Waals surface area contributed by atoms with Gasteiger partial charge in [-0.15, -0.1) is 0 Å². The molecule has 0 aromatic rings. The highest BCUT2D eigenvalue weighted by atomic mass is 16.5. The van der Waals surface area contributed by atoms with Crippen LogP contribution >= 0.6 is 0 Å². The second-order valence-corrected chi connectivity index (χ2v) is 3.30. The minimum atomic E-state index is -1.34. The number of alkyl carbamates (subject to hydrolysis) is 1. The molecule has 0 spiro atoms. The zero-order valence-corrected chi connectivity index (χ0v) is 9.89. The molecule has 0 saturated carbocycles. The number of hydrogen-bond acceptors (Lipinski definition) is 5. The maximum atomic E-state index is 11.2. The Hall–Kier alpha value is -1.79. The average Bonchev–Trinajstić information content (AvgIpc) is 2.28. The van der Waals surface area contributed by atoms with Gasteiger partial charge < -0.3 is 19.9 Å². The van der Waals surface area contributed by atoms with Gasteiger partial charge in [0.15, 0.2) is 0 Å². The van der Waals surface area contributed by atoms with Gasteiger partial charge >= 0.3 is 18.0 Å². The van der Waals surface area contributed by atoms with E-state index in [0.717, 1.165) is 13.5 Å². The molecule has 0 unspecified atom stereocenters. The molecule has 0 fully saturated rings. The molecule has 0 bridgehead atoms. The number of amides is 1. The van der Waals surface area contributed by atoms with Crippen LogP contribution in [0.4, 0.5) is 4.79 Å². The third kappa shape index (κ3) is 7.15. The van der Waals surface area contributed by atoms with Crippen molar-refractivity contribution in [3.8, 4) is 0 Å². The third-order valence-electron chi connectivity index (χ3n) is 1.92. The van der Waals surface area contributed by atoms with Crippen LogP contribution in [0, 0.1) is 0 Å². The van der Waals surface area contributed by atoms with E-state index in [2.05, 4.69) is 10.1 Å². The molecular formula is C10H17NO6. The number of rotatable bonds is 7. The second kappa shape index (κ2) is 8.37. The van der Waals surface area contributed by atoms with E-state index in [1.165, 1.54) is 0 Å². The number of aliphatic carboxylic acids is 1. The average molecular weight is 247 g/mol. The zero-order chi connectivity index (χ0) is 13.3. The maximum absolute atomic E-state index is 11.2. The van der Waals surface area contributed by atoms with Crippen molar-refractivity contribution in [2.75, 3.05) is 13.7 Å². The highest BCUT2D eigenvalue weighted by Gasteiger charge is 2.24. The Kier molecular flexibility index (Phi) is 7.49. The molecule has 0 heterocycles. The van der Waals surface area contributed by atoms with Gasteiger partial charge in [0.1, 0.15) is 6.04 Å². The molecule has 0 saturated heterocycles. The van der Waals surface area contributed by atoms with Crippen molar-refractivity contribution < 1.29 is 29.0 Å². The number of carbonyl (C=O) groups is 3. The number of methoxy groups -OCH3 is 1. The van der Waals surface area contributed by atoms with Crippen molar-refractivity contribution in [3.05, 3.63) is 0 Å². The SMILES string of the molecule is CCCCOC(=O)N[C@@H](CC(=O)OC)C(=O)O. The Morgan fingerprint density at radius 1 is 1.35 bits per heavy atom. The summed E-state index contributed by atoms with van der Waals surface area (Å²) in [4.78, 5) is 32.8. The number of unbranched alkanes of at least 4 members (excludes halogenated alkanes) is 1. The van der Waals surface area contributed by atoms with Crippen LogP contribution in [0.25, 0.3) is 0 Å². The fraction of sp³-hybridized carbons (Fsp3) is 0.700. The van der Waals surface area contributed by atoms with E-state index in [4.69, 9.17) is 9.84 Å².